The van der Waals surface area contributed by atoms with Gasteiger partial charge < -0.3 is 4.74 Å². The fourth-order valence-corrected chi connectivity index (χ4v) is 3.69. The lowest BCUT2D eigenvalue weighted by Crippen LogP contribution is -2.23. The van der Waals surface area contributed by atoms with E-state index < -0.39 is 0 Å². The monoisotopic (exact) mass is 432 g/mol. The Morgan fingerprint density at radius 1 is 1.00 bits per heavy atom. The predicted octanol–water partition coefficient (Wildman–Crippen LogP) is 3.52. The van der Waals surface area contributed by atoms with E-state index in [-0.39, 0.29) is 11.1 Å². The quantitative estimate of drug-likeness (QED) is 0.432. The minimum atomic E-state index is -0.281. The zero-order valence-corrected chi connectivity index (χ0v) is 17.5. The van der Waals surface area contributed by atoms with Crippen LogP contribution >= 0.6 is 11.6 Å². The molecule has 154 valence electrons. The van der Waals surface area contributed by atoms with Crippen molar-refractivity contribution in [3.63, 3.8) is 0 Å². The Morgan fingerprint density at radius 2 is 1.74 bits per heavy atom. The summed E-state index contributed by atoms with van der Waals surface area (Å²) in [6.45, 7) is 2.25. The second kappa shape index (κ2) is 7.48. The minimum absolute atomic E-state index is 0.161. The molecule has 0 saturated carbocycles. The summed E-state index contributed by atoms with van der Waals surface area (Å²) in [5.74, 6) is 0.756. The highest BCUT2D eigenvalue weighted by Crippen LogP contribution is 2.28. The number of rotatable bonds is 4. The van der Waals surface area contributed by atoms with Crippen LogP contribution in [0.4, 0.5) is 0 Å². The van der Waals surface area contributed by atoms with Crippen molar-refractivity contribution in [1.29, 1.82) is 0 Å². The Bertz CT molecular complexity index is 1470. The van der Waals surface area contributed by atoms with Crippen LogP contribution in [0.25, 0.3) is 27.9 Å². The second-order valence-corrected chi connectivity index (χ2v) is 7.54. The van der Waals surface area contributed by atoms with Gasteiger partial charge in [-0.15, -0.1) is 10.2 Å². The third-order valence-corrected chi connectivity index (χ3v) is 5.37. The van der Waals surface area contributed by atoms with E-state index in [0.29, 0.717) is 22.9 Å². The van der Waals surface area contributed by atoms with Crippen LogP contribution in [0, 0.1) is 6.92 Å². The number of ether oxygens (including phenoxy) is 1. The number of aromatic nitrogens is 6. The first-order valence-corrected chi connectivity index (χ1v) is 9.93. The van der Waals surface area contributed by atoms with Gasteiger partial charge in [0.15, 0.2) is 16.8 Å². The standard InChI is InChI=1S/C22H17ClN6O2/c1-13-18(15-5-7-16(23)8-6-15)20-26-25-19-21(29(20)27-13)24-12-28(22(19)30)11-14-3-9-17(31-2)10-4-14/h3-10,12H,11H2,1-2H3. The van der Waals surface area contributed by atoms with Crippen LogP contribution < -0.4 is 10.3 Å². The molecule has 0 aliphatic heterocycles. The molecule has 5 aromatic rings. The van der Waals surface area contributed by atoms with Crippen molar-refractivity contribution in [2.45, 2.75) is 13.5 Å². The van der Waals surface area contributed by atoms with Gasteiger partial charge in [0.25, 0.3) is 5.56 Å². The third-order valence-electron chi connectivity index (χ3n) is 5.12. The fourth-order valence-electron chi connectivity index (χ4n) is 3.56. The first-order chi connectivity index (χ1) is 15.0. The first kappa shape index (κ1) is 19.2. The van der Waals surface area contributed by atoms with Crippen molar-refractivity contribution in [3.8, 4) is 16.9 Å². The largest absolute Gasteiger partial charge is 0.497 e. The van der Waals surface area contributed by atoms with Gasteiger partial charge in [0, 0.05) is 5.02 Å². The van der Waals surface area contributed by atoms with Crippen LogP contribution in [0.1, 0.15) is 11.3 Å². The van der Waals surface area contributed by atoms with E-state index in [9.17, 15) is 4.79 Å². The zero-order valence-electron chi connectivity index (χ0n) is 16.8. The molecule has 0 atom stereocenters. The molecule has 0 saturated heterocycles. The van der Waals surface area contributed by atoms with Crippen LogP contribution in [0.5, 0.6) is 5.75 Å². The Balaban J connectivity index is 1.61. The van der Waals surface area contributed by atoms with Crippen molar-refractivity contribution in [2.24, 2.45) is 0 Å². The Labute approximate surface area is 181 Å². The lowest BCUT2D eigenvalue weighted by molar-refractivity contribution is 0.414. The van der Waals surface area contributed by atoms with Crippen LogP contribution in [0.3, 0.4) is 0 Å². The number of aryl methyl sites for hydroxylation is 1. The van der Waals surface area contributed by atoms with E-state index in [2.05, 4.69) is 20.3 Å². The average Bonchev–Trinajstić information content (AvgIpc) is 3.13. The van der Waals surface area contributed by atoms with Gasteiger partial charge in [-0.25, -0.2) is 4.98 Å². The normalized spacial score (nSPS) is 11.3. The summed E-state index contributed by atoms with van der Waals surface area (Å²) in [4.78, 5) is 17.5. The average molecular weight is 433 g/mol. The zero-order chi connectivity index (χ0) is 21.5. The van der Waals surface area contributed by atoms with E-state index in [1.807, 2.05) is 55.5 Å². The molecule has 0 aliphatic rings. The van der Waals surface area contributed by atoms with Gasteiger partial charge in [-0.2, -0.15) is 9.61 Å². The van der Waals surface area contributed by atoms with Crippen molar-refractivity contribution in [1.82, 2.24) is 29.4 Å². The van der Waals surface area contributed by atoms with E-state index in [4.69, 9.17) is 16.3 Å². The van der Waals surface area contributed by atoms with Gasteiger partial charge >= 0.3 is 0 Å². The molecular formula is C22H17ClN6O2. The molecule has 2 aromatic carbocycles. The number of methoxy groups -OCH3 is 1. The van der Waals surface area contributed by atoms with Crippen molar-refractivity contribution in [2.75, 3.05) is 7.11 Å². The Morgan fingerprint density at radius 3 is 2.45 bits per heavy atom. The molecule has 0 fully saturated rings. The number of hydrogen-bond acceptors (Lipinski definition) is 6. The van der Waals surface area contributed by atoms with Crippen LogP contribution in [0.2, 0.25) is 5.02 Å². The Kier molecular flexibility index (Phi) is 4.63. The highest BCUT2D eigenvalue weighted by Gasteiger charge is 2.18. The maximum absolute atomic E-state index is 13.0. The maximum Gasteiger partial charge on any atom is 0.283 e. The van der Waals surface area contributed by atoms with Gasteiger partial charge in [0.05, 0.1) is 24.9 Å². The lowest BCUT2D eigenvalue weighted by atomic mass is 10.1. The highest BCUT2D eigenvalue weighted by molar-refractivity contribution is 6.30. The molecule has 9 heteroatoms. The van der Waals surface area contributed by atoms with Gasteiger partial charge in [0.1, 0.15) is 12.1 Å². The summed E-state index contributed by atoms with van der Waals surface area (Å²) in [6.07, 6.45) is 1.51. The van der Waals surface area contributed by atoms with Crippen molar-refractivity contribution < 1.29 is 4.74 Å². The SMILES string of the molecule is COc1ccc(Cn2cnc3c(nnc4c(-c5ccc(Cl)cc5)c(C)nn43)c2=O)cc1. The topological polar surface area (TPSA) is 87.2 Å². The number of fused-ring (bicyclic) bond motifs is 3. The van der Waals surface area contributed by atoms with Crippen LogP contribution in [-0.4, -0.2) is 36.5 Å². The summed E-state index contributed by atoms with van der Waals surface area (Å²) in [7, 11) is 1.61. The molecule has 0 radical (unpaired) electrons. The van der Waals surface area contributed by atoms with Crippen molar-refractivity contribution in [3.05, 3.63) is 81.5 Å². The molecular weight excluding hydrogens is 416 g/mol. The molecule has 0 unspecified atom stereocenters. The summed E-state index contributed by atoms with van der Waals surface area (Å²) < 4.78 is 8.25. The highest BCUT2D eigenvalue weighted by atomic mass is 35.5. The molecule has 31 heavy (non-hydrogen) atoms. The van der Waals surface area contributed by atoms with Crippen molar-refractivity contribution >= 4 is 28.4 Å². The smallest absolute Gasteiger partial charge is 0.283 e. The molecule has 3 aromatic heterocycles. The molecule has 0 aliphatic carbocycles. The van der Waals surface area contributed by atoms with Gasteiger partial charge in [-0.05, 0) is 42.3 Å². The molecule has 0 amide bonds. The van der Waals surface area contributed by atoms with Gasteiger partial charge in [0.2, 0.25) is 0 Å². The number of halogens is 1. The number of benzene rings is 2. The molecule has 0 spiro atoms. The fraction of sp³-hybridized carbons (Fsp3) is 0.136. The summed E-state index contributed by atoms with van der Waals surface area (Å²) >= 11 is 6.01. The molecule has 3 heterocycles. The molecule has 5 rings (SSSR count). The molecule has 8 nitrogen and oxygen atoms in total. The van der Waals surface area contributed by atoms with E-state index in [1.165, 1.54) is 10.9 Å². The number of nitrogens with zero attached hydrogens (tertiary/aromatic N) is 6. The molecule has 0 bridgehead atoms. The first-order valence-electron chi connectivity index (χ1n) is 9.55. The van der Waals surface area contributed by atoms with Crippen LogP contribution in [-0.2, 0) is 6.54 Å². The Hall–Kier alpha value is -3.78. The van der Waals surface area contributed by atoms with Gasteiger partial charge in [-0.3, -0.25) is 9.36 Å². The van der Waals surface area contributed by atoms with E-state index in [1.54, 1.807) is 11.6 Å². The minimum Gasteiger partial charge on any atom is -0.497 e. The number of hydrogen-bond donors (Lipinski definition) is 0. The van der Waals surface area contributed by atoms with E-state index in [0.717, 1.165) is 28.1 Å². The van der Waals surface area contributed by atoms with Crippen LogP contribution in [0.15, 0.2) is 59.7 Å². The van der Waals surface area contributed by atoms with E-state index >= 15 is 0 Å². The third kappa shape index (κ3) is 3.30. The van der Waals surface area contributed by atoms with Gasteiger partial charge in [-0.1, -0.05) is 35.9 Å². The predicted molar refractivity (Wildman–Crippen MR) is 118 cm³/mol. The molecule has 0 N–H and O–H groups in total. The summed E-state index contributed by atoms with van der Waals surface area (Å²) in [6, 6.07) is 14.9. The summed E-state index contributed by atoms with van der Waals surface area (Å²) in [5, 5.41) is 13.7. The summed E-state index contributed by atoms with van der Waals surface area (Å²) in [5.41, 5.74) is 4.22. The maximum atomic E-state index is 13.0. The lowest BCUT2D eigenvalue weighted by Gasteiger charge is -2.07. The second-order valence-electron chi connectivity index (χ2n) is 7.10.